The molecule has 2 amide bonds. The van der Waals surface area contributed by atoms with Gasteiger partial charge in [0.2, 0.25) is 11.8 Å². The zero-order chi connectivity index (χ0) is 47.2. The van der Waals surface area contributed by atoms with Crippen LogP contribution >= 0.6 is 58.2 Å². The summed E-state index contributed by atoms with van der Waals surface area (Å²) < 4.78 is 10.5. The highest BCUT2D eigenvalue weighted by molar-refractivity contribution is 7.99. The summed E-state index contributed by atoms with van der Waals surface area (Å²) in [6.45, 7) is 6.34. The number of ether oxygens (including phenoxy) is 2. The Morgan fingerprint density at radius 2 is 1.07 bits per heavy atom. The molecule has 17 heteroatoms. The number of carbonyl (C=O) groups excluding carboxylic acids is 4. The largest absolute Gasteiger partial charge is 0.466 e. The summed E-state index contributed by atoms with van der Waals surface area (Å²) in [5.41, 5.74) is 5.80. The van der Waals surface area contributed by atoms with Crippen LogP contribution in [0, 0.1) is 11.8 Å². The van der Waals surface area contributed by atoms with Crippen LogP contribution in [-0.2, 0) is 51.3 Å². The lowest BCUT2D eigenvalue weighted by molar-refractivity contribution is -0.215. The van der Waals surface area contributed by atoms with Crippen molar-refractivity contribution in [2.24, 2.45) is 11.8 Å². The minimum Gasteiger partial charge on any atom is -0.466 e. The third-order valence-corrected chi connectivity index (χ3v) is 15.2. The number of hydrogen-bond donors (Lipinski definition) is 0. The number of amides is 2. The van der Waals surface area contributed by atoms with Gasteiger partial charge in [0, 0.05) is 83.2 Å². The molecule has 0 aromatic heterocycles. The lowest BCUT2D eigenvalue weighted by Crippen LogP contribution is -2.42. The predicted molar refractivity (Wildman–Crippen MR) is 258 cm³/mol. The van der Waals surface area contributed by atoms with E-state index in [1.54, 1.807) is 35.8 Å². The number of carbonyl (C=O) groups is 4. The van der Waals surface area contributed by atoms with Crippen molar-refractivity contribution in [3.8, 4) is 33.8 Å². The van der Waals surface area contributed by atoms with E-state index in [1.165, 1.54) is 23.9 Å². The molecule has 0 radical (unpaired) electrons. The fraction of sp³-hybridized carbons (Fsp3) is 0.360. The minimum atomic E-state index is -0.395. The average Bonchev–Trinajstić information content (AvgIpc) is 3.35. The van der Waals surface area contributed by atoms with Crippen LogP contribution in [0.4, 0.5) is 0 Å². The van der Waals surface area contributed by atoms with Gasteiger partial charge in [0.25, 0.3) is 0 Å². The molecule has 0 bridgehead atoms. The summed E-state index contributed by atoms with van der Waals surface area (Å²) in [6.07, 6.45) is 10.1. The average molecular weight is 1010 g/mol. The minimum absolute atomic E-state index is 0.200. The quantitative estimate of drug-likeness (QED) is 0.0764. The molecule has 4 aliphatic heterocycles. The molecule has 8 rings (SSSR count). The maximum absolute atomic E-state index is 13.7. The molecule has 4 aliphatic rings. The van der Waals surface area contributed by atoms with Crippen molar-refractivity contribution in [1.82, 2.24) is 9.80 Å². The molecule has 12 nitrogen and oxygen atoms in total. The third-order valence-electron chi connectivity index (χ3n) is 12.1. The van der Waals surface area contributed by atoms with Crippen LogP contribution in [0.3, 0.4) is 0 Å². The zero-order valence-electron chi connectivity index (χ0n) is 36.9. The fourth-order valence-corrected chi connectivity index (χ4v) is 10.8. The van der Waals surface area contributed by atoms with Gasteiger partial charge in [0.15, 0.2) is 11.5 Å². The molecule has 0 aliphatic carbocycles. The number of hydrogen-bond acceptors (Lipinski definition) is 11. The normalized spacial score (nSPS) is 18.2. The van der Waals surface area contributed by atoms with Crippen molar-refractivity contribution < 1.29 is 48.2 Å². The Kier molecular flexibility index (Phi) is 16.1. The van der Waals surface area contributed by atoms with Crippen molar-refractivity contribution in [1.29, 1.82) is 0 Å². The van der Waals surface area contributed by atoms with Crippen molar-refractivity contribution in [3.63, 3.8) is 0 Å². The lowest BCUT2D eigenvalue weighted by atomic mass is 9.95. The van der Waals surface area contributed by atoms with E-state index < -0.39 is 11.8 Å². The Bertz CT molecular complexity index is 2460. The third kappa shape index (κ3) is 11.1. The molecule has 67 heavy (non-hydrogen) atoms. The van der Waals surface area contributed by atoms with Gasteiger partial charge in [-0.2, -0.15) is 9.78 Å². The molecule has 4 aromatic rings. The first kappa shape index (κ1) is 48.7. The molecule has 2 unspecified atom stereocenters. The van der Waals surface area contributed by atoms with Gasteiger partial charge >= 0.3 is 11.9 Å². The number of rotatable bonds is 12. The maximum Gasteiger partial charge on any atom is 0.310 e. The topological polar surface area (TPSA) is 130 Å². The molecule has 2 fully saturated rings. The van der Waals surface area contributed by atoms with Gasteiger partial charge in [0.05, 0.1) is 58.4 Å². The Hall–Kier alpha value is -4.73. The number of piperidine rings is 2. The molecule has 4 heterocycles. The summed E-state index contributed by atoms with van der Waals surface area (Å²) in [7, 11) is 0. The molecule has 0 N–H and O–H groups in total. The van der Waals surface area contributed by atoms with E-state index >= 15 is 0 Å². The highest BCUT2D eigenvalue weighted by Gasteiger charge is 2.31. The molecular weight excluding hydrogens is 962 g/mol. The maximum atomic E-state index is 13.7. The van der Waals surface area contributed by atoms with E-state index in [1.807, 2.05) is 48.5 Å². The smallest absolute Gasteiger partial charge is 0.310 e. The molecule has 2 saturated heterocycles. The summed E-state index contributed by atoms with van der Waals surface area (Å²) in [6, 6.07) is 15.2. The summed E-state index contributed by atoms with van der Waals surface area (Å²) in [5.74, 6) is -0.756. The first-order chi connectivity index (χ1) is 32.4. The Balaban J connectivity index is 1.17. The molecular formula is C50H48Cl4N2O10S. The van der Waals surface area contributed by atoms with Crippen LogP contribution < -0.4 is 9.78 Å². The number of fused-ring (bicyclic) bond motifs is 2. The van der Waals surface area contributed by atoms with Crippen LogP contribution in [0.25, 0.3) is 34.4 Å². The number of halogens is 4. The van der Waals surface area contributed by atoms with Crippen molar-refractivity contribution in [2.45, 2.75) is 62.2 Å². The predicted octanol–water partition coefficient (Wildman–Crippen LogP) is 11.1. The molecule has 4 aromatic carbocycles. The molecule has 0 saturated carbocycles. The van der Waals surface area contributed by atoms with Crippen LogP contribution in [0.15, 0.2) is 70.5 Å². The standard InChI is InChI=1S/C50H48Cl4N2O10S/c1-3-61-49(59)33-7-5-19-55(27-33)43(57)15-11-35-37(29-9-13-39-31(23-29)17-21-63-65-39)25-41(47(53)45(35)51)67-42-26-38(30-10-14-40-32(24-30)18-22-64-66-40)36(46(52)48(42)54)12-16-44(58)56-20-6-8-34(28-56)50(60)62-4-2/h9-16,23-26,33-34H,3-8,17-22,27-28H2,1-2H3/b15-11+,16-12+. The first-order valence-electron chi connectivity index (χ1n) is 22.3. The lowest BCUT2D eigenvalue weighted by Gasteiger charge is -2.30. The Labute approximate surface area is 413 Å². The Morgan fingerprint density at radius 1 is 0.642 bits per heavy atom. The number of nitrogens with zero attached hydrogens (tertiary/aromatic N) is 2. The summed E-state index contributed by atoms with van der Waals surface area (Å²) in [5, 5.41) is 0.835. The van der Waals surface area contributed by atoms with Crippen molar-refractivity contribution in [2.75, 3.05) is 52.6 Å². The SMILES string of the molecule is CCOC(=O)C1CCCN(C(=O)/C=C/c2c(-c3ccc4c(c3)CCOO4)cc(Sc3cc(-c4ccc5c(c4)CCOO5)c(/C=C/C(=O)N4CCCC(C(=O)OCC)C4)c(Cl)c3Cl)c(Cl)c2Cl)C1. The second-order valence-corrected chi connectivity index (χ2v) is 19.0. The van der Waals surface area contributed by atoms with E-state index in [-0.39, 0.29) is 70.1 Å². The van der Waals surface area contributed by atoms with Gasteiger partial charge in [-0.1, -0.05) is 70.3 Å². The van der Waals surface area contributed by atoms with E-state index in [4.69, 9.17) is 75.4 Å². The van der Waals surface area contributed by atoms with Gasteiger partial charge in [0.1, 0.15) is 0 Å². The summed E-state index contributed by atoms with van der Waals surface area (Å²) in [4.78, 5) is 78.2. The van der Waals surface area contributed by atoms with Gasteiger partial charge in [-0.05, 0) is 110 Å². The van der Waals surface area contributed by atoms with Crippen LogP contribution in [0.5, 0.6) is 11.5 Å². The van der Waals surface area contributed by atoms with E-state index in [0.29, 0.717) is 108 Å². The van der Waals surface area contributed by atoms with Crippen LogP contribution in [-0.4, -0.2) is 86.2 Å². The van der Waals surface area contributed by atoms with E-state index in [0.717, 1.165) is 22.3 Å². The number of benzene rings is 4. The second-order valence-electron chi connectivity index (χ2n) is 16.4. The van der Waals surface area contributed by atoms with Crippen LogP contribution in [0.1, 0.15) is 61.8 Å². The Morgan fingerprint density at radius 3 is 1.49 bits per heavy atom. The van der Waals surface area contributed by atoms with Gasteiger partial charge in [-0.3, -0.25) is 19.2 Å². The van der Waals surface area contributed by atoms with Gasteiger partial charge in [-0.15, -0.1) is 0 Å². The van der Waals surface area contributed by atoms with Crippen molar-refractivity contribution >= 4 is 94.1 Å². The number of esters is 2. The van der Waals surface area contributed by atoms with Gasteiger partial charge in [-0.25, -0.2) is 0 Å². The number of likely N-dealkylation sites (tertiary alicyclic amines) is 2. The zero-order valence-corrected chi connectivity index (χ0v) is 40.7. The van der Waals surface area contributed by atoms with Gasteiger partial charge < -0.3 is 29.0 Å². The van der Waals surface area contributed by atoms with Crippen molar-refractivity contribution in [3.05, 3.63) is 103 Å². The highest BCUT2D eigenvalue weighted by Crippen LogP contribution is 2.49. The molecule has 2 atom stereocenters. The molecule has 0 spiro atoms. The highest BCUT2D eigenvalue weighted by atomic mass is 35.5. The summed E-state index contributed by atoms with van der Waals surface area (Å²) >= 11 is 30.1. The second kappa shape index (κ2) is 22.1. The molecule has 352 valence electrons. The van der Waals surface area contributed by atoms with E-state index in [9.17, 15) is 19.2 Å². The first-order valence-corrected chi connectivity index (χ1v) is 24.6. The monoisotopic (exact) mass is 1010 g/mol. The van der Waals surface area contributed by atoms with Crippen LogP contribution in [0.2, 0.25) is 20.1 Å². The fourth-order valence-electron chi connectivity index (χ4n) is 8.64. The van der Waals surface area contributed by atoms with E-state index in [2.05, 4.69) is 0 Å².